The van der Waals surface area contributed by atoms with Crippen LogP contribution in [0.5, 0.6) is 0 Å². The first-order valence-electron chi connectivity index (χ1n) is 9.19. The van der Waals surface area contributed by atoms with Gasteiger partial charge in [0.25, 0.3) is 0 Å². The van der Waals surface area contributed by atoms with Crippen LogP contribution in [-0.2, 0) is 38.2 Å². The van der Waals surface area contributed by atoms with E-state index in [0.717, 1.165) is 32.1 Å². The topological polar surface area (TPSA) is 131 Å². The number of esters is 2. The van der Waals surface area contributed by atoms with Crippen molar-refractivity contribution in [1.82, 2.24) is 0 Å². The van der Waals surface area contributed by atoms with Crippen molar-refractivity contribution in [3.8, 4) is 0 Å². The summed E-state index contributed by atoms with van der Waals surface area (Å²) < 4.78 is 68.3. The van der Waals surface area contributed by atoms with Gasteiger partial charge in [-0.2, -0.15) is 27.4 Å². The van der Waals surface area contributed by atoms with Crippen LogP contribution >= 0.6 is 0 Å². The van der Waals surface area contributed by atoms with Gasteiger partial charge in [-0.1, -0.05) is 6.42 Å². The summed E-state index contributed by atoms with van der Waals surface area (Å²) in [7, 11) is -5.43. The number of alkyl halides is 2. The second-order valence-corrected chi connectivity index (χ2v) is 9.03. The van der Waals surface area contributed by atoms with E-state index in [4.69, 9.17) is 9.47 Å². The van der Waals surface area contributed by atoms with Crippen molar-refractivity contribution in [2.45, 2.75) is 68.5 Å². The van der Waals surface area contributed by atoms with Crippen LogP contribution in [0.1, 0.15) is 44.9 Å². The first-order chi connectivity index (χ1) is 13.2. The van der Waals surface area contributed by atoms with Crippen molar-refractivity contribution in [1.29, 1.82) is 0 Å². The molecule has 3 aliphatic rings. The molecule has 0 aromatic heterocycles. The Labute approximate surface area is 160 Å². The molecule has 3 rings (SSSR count). The number of hydrogen-bond acceptors (Lipinski definition) is 9. The van der Waals surface area contributed by atoms with Crippen molar-refractivity contribution < 1.29 is 45.3 Å². The SMILES string of the molecule is NOS(=O)(=O)C(F)(F)COC(=O)C1C2CCC(O2)C1C(=O)OC1CCCCC1. The van der Waals surface area contributed by atoms with E-state index < -0.39 is 58.0 Å². The molecule has 2 bridgehead atoms. The van der Waals surface area contributed by atoms with Crippen molar-refractivity contribution >= 4 is 22.1 Å². The third-order valence-electron chi connectivity index (χ3n) is 5.53. The van der Waals surface area contributed by atoms with Gasteiger partial charge in [0.1, 0.15) is 6.10 Å². The fourth-order valence-corrected chi connectivity index (χ4v) is 4.44. The zero-order chi connectivity index (χ0) is 20.5. The number of carbonyl (C=O) groups excluding carboxylic acids is 2. The molecule has 0 aromatic carbocycles. The predicted octanol–water partition coefficient (Wildman–Crippen LogP) is 1.01. The average molecular weight is 427 g/mol. The summed E-state index contributed by atoms with van der Waals surface area (Å²) >= 11 is 0. The number of halogens is 2. The molecule has 0 spiro atoms. The van der Waals surface area contributed by atoms with Gasteiger partial charge in [0.05, 0.1) is 24.0 Å². The third kappa shape index (κ3) is 4.14. The summed E-state index contributed by atoms with van der Waals surface area (Å²) in [4.78, 5) is 25.0. The van der Waals surface area contributed by atoms with Crippen molar-refractivity contribution in [2.75, 3.05) is 6.61 Å². The second kappa shape index (κ2) is 8.17. The van der Waals surface area contributed by atoms with Crippen LogP contribution < -0.4 is 5.90 Å². The summed E-state index contributed by atoms with van der Waals surface area (Å²) in [6.45, 7) is -1.77. The lowest BCUT2D eigenvalue weighted by molar-refractivity contribution is -0.168. The molecular formula is C16H23F2NO8S. The van der Waals surface area contributed by atoms with E-state index in [1.807, 2.05) is 0 Å². The predicted molar refractivity (Wildman–Crippen MR) is 87.9 cm³/mol. The van der Waals surface area contributed by atoms with Crippen molar-refractivity contribution in [3.63, 3.8) is 0 Å². The van der Waals surface area contributed by atoms with Crippen LogP contribution in [0.15, 0.2) is 0 Å². The zero-order valence-corrected chi connectivity index (χ0v) is 15.9. The maximum absolute atomic E-state index is 13.6. The summed E-state index contributed by atoms with van der Waals surface area (Å²) in [5.74, 6) is 0.518. The highest BCUT2D eigenvalue weighted by Crippen LogP contribution is 2.45. The quantitative estimate of drug-likeness (QED) is 0.467. The van der Waals surface area contributed by atoms with Gasteiger partial charge in [-0.25, -0.2) is 0 Å². The molecular weight excluding hydrogens is 404 g/mol. The van der Waals surface area contributed by atoms with Crippen LogP contribution in [0.25, 0.3) is 0 Å². The Balaban J connectivity index is 1.65. The summed E-state index contributed by atoms with van der Waals surface area (Å²) in [5, 5.41) is -4.52. The highest BCUT2D eigenvalue weighted by molar-refractivity contribution is 7.87. The lowest BCUT2D eigenvalue weighted by atomic mass is 9.79. The van der Waals surface area contributed by atoms with Crippen molar-refractivity contribution in [3.05, 3.63) is 0 Å². The van der Waals surface area contributed by atoms with E-state index in [2.05, 4.69) is 14.9 Å². The van der Waals surface area contributed by atoms with E-state index in [9.17, 15) is 26.8 Å². The van der Waals surface area contributed by atoms with E-state index in [1.165, 1.54) is 0 Å². The molecule has 2 aliphatic heterocycles. The van der Waals surface area contributed by atoms with Crippen LogP contribution in [-0.4, -0.2) is 50.5 Å². The van der Waals surface area contributed by atoms with Gasteiger partial charge in [0.2, 0.25) is 0 Å². The molecule has 2 saturated heterocycles. The number of fused-ring (bicyclic) bond motifs is 2. The van der Waals surface area contributed by atoms with Gasteiger partial charge >= 0.3 is 27.3 Å². The van der Waals surface area contributed by atoms with Gasteiger partial charge in [0.15, 0.2) is 6.61 Å². The molecule has 9 nitrogen and oxygen atoms in total. The molecule has 4 atom stereocenters. The second-order valence-electron chi connectivity index (χ2n) is 7.33. The number of rotatable bonds is 7. The molecule has 12 heteroatoms. The van der Waals surface area contributed by atoms with E-state index in [0.29, 0.717) is 12.8 Å². The Hall–Kier alpha value is -1.37. The normalized spacial score (nSPS) is 31.0. The Kier molecular flexibility index (Phi) is 6.23. The Morgan fingerprint density at radius 2 is 1.57 bits per heavy atom. The first kappa shape index (κ1) is 21.3. The third-order valence-corrected chi connectivity index (χ3v) is 6.63. The molecule has 1 aliphatic carbocycles. The van der Waals surface area contributed by atoms with E-state index in [-0.39, 0.29) is 6.10 Å². The molecule has 2 heterocycles. The summed E-state index contributed by atoms with van der Waals surface area (Å²) in [5.41, 5.74) is 0. The monoisotopic (exact) mass is 427 g/mol. The van der Waals surface area contributed by atoms with E-state index in [1.54, 1.807) is 0 Å². The molecule has 4 unspecified atom stereocenters. The molecule has 3 fully saturated rings. The standard InChI is InChI=1S/C16H23F2NO8S/c17-16(18,28(22,23)27-19)8-24-14(20)12-10-6-7-11(26-10)13(12)15(21)25-9-4-2-1-3-5-9/h9-13H,1-8,19H2. The highest BCUT2D eigenvalue weighted by atomic mass is 32.2. The van der Waals surface area contributed by atoms with Crippen molar-refractivity contribution in [2.24, 2.45) is 17.7 Å². The molecule has 28 heavy (non-hydrogen) atoms. The lowest BCUT2D eigenvalue weighted by Gasteiger charge is -2.28. The largest absolute Gasteiger partial charge is 0.462 e. The minimum atomic E-state index is -5.43. The lowest BCUT2D eigenvalue weighted by Crippen LogP contribution is -2.43. The minimum absolute atomic E-state index is 0.228. The van der Waals surface area contributed by atoms with Crippen LogP contribution in [0.3, 0.4) is 0 Å². The number of ether oxygens (including phenoxy) is 3. The molecule has 0 amide bonds. The molecule has 2 N–H and O–H groups in total. The van der Waals surface area contributed by atoms with Gasteiger partial charge in [0, 0.05) is 0 Å². The van der Waals surface area contributed by atoms with Crippen LogP contribution in [0.4, 0.5) is 8.78 Å². The molecule has 0 radical (unpaired) electrons. The number of hydrogen-bond donors (Lipinski definition) is 1. The Morgan fingerprint density at radius 3 is 2.14 bits per heavy atom. The fraction of sp³-hybridized carbons (Fsp3) is 0.875. The summed E-state index contributed by atoms with van der Waals surface area (Å²) in [6.07, 6.45) is 4.04. The Morgan fingerprint density at radius 1 is 1.00 bits per heavy atom. The maximum Gasteiger partial charge on any atom is 0.404 e. The molecule has 0 aromatic rings. The smallest absolute Gasteiger partial charge is 0.404 e. The highest BCUT2D eigenvalue weighted by Gasteiger charge is 2.58. The van der Waals surface area contributed by atoms with Gasteiger partial charge < -0.3 is 14.2 Å². The minimum Gasteiger partial charge on any atom is -0.462 e. The van der Waals surface area contributed by atoms with Crippen LogP contribution in [0.2, 0.25) is 0 Å². The van der Waals surface area contributed by atoms with Crippen LogP contribution in [0, 0.1) is 11.8 Å². The van der Waals surface area contributed by atoms with Gasteiger partial charge in [-0.05, 0) is 38.5 Å². The molecule has 1 saturated carbocycles. The fourth-order valence-electron chi connectivity index (χ4n) is 4.10. The maximum atomic E-state index is 13.6. The molecule has 160 valence electrons. The van der Waals surface area contributed by atoms with E-state index >= 15 is 0 Å². The van der Waals surface area contributed by atoms with Gasteiger partial charge in [-0.15, -0.1) is 0 Å². The zero-order valence-electron chi connectivity index (χ0n) is 15.1. The average Bonchev–Trinajstić information content (AvgIpc) is 3.28. The number of carbonyl (C=O) groups is 2. The number of nitrogens with two attached hydrogens (primary N) is 1. The summed E-state index contributed by atoms with van der Waals surface area (Å²) in [6, 6.07) is 0. The first-order valence-corrected chi connectivity index (χ1v) is 10.6. The Bertz CT molecular complexity index is 709. The van der Waals surface area contributed by atoms with Gasteiger partial charge in [-0.3, -0.25) is 9.59 Å².